The van der Waals surface area contributed by atoms with Crippen LogP contribution in [-0.2, 0) is 0 Å². The van der Waals surface area contributed by atoms with Gasteiger partial charge in [0.2, 0.25) is 0 Å². The Morgan fingerprint density at radius 2 is 1.89 bits per heavy atom. The molecule has 1 N–H and O–H groups in total. The predicted molar refractivity (Wildman–Crippen MR) is 71.7 cm³/mol. The third kappa shape index (κ3) is 3.01. The Morgan fingerprint density at radius 1 is 1.17 bits per heavy atom. The summed E-state index contributed by atoms with van der Waals surface area (Å²) in [5.74, 6) is -0.346. The van der Waals surface area contributed by atoms with E-state index in [4.69, 9.17) is 0 Å². The second-order valence-electron chi connectivity index (χ2n) is 3.53. The van der Waals surface area contributed by atoms with Gasteiger partial charge in [-0.3, -0.25) is 9.59 Å². The van der Waals surface area contributed by atoms with Crippen LogP contribution >= 0.6 is 15.9 Å². The number of benzene rings is 1. The van der Waals surface area contributed by atoms with Gasteiger partial charge in [0, 0.05) is 10.2 Å². The van der Waals surface area contributed by atoms with Crippen LogP contribution in [0.25, 0.3) is 0 Å². The molecule has 1 amide bonds. The van der Waals surface area contributed by atoms with E-state index in [2.05, 4.69) is 26.2 Å². The number of carbonyl (C=O) groups excluding carboxylic acids is 2. The lowest BCUT2D eigenvalue weighted by molar-refractivity contribution is 0.102. The summed E-state index contributed by atoms with van der Waals surface area (Å²) >= 11 is 3.31. The number of nitrogens with one attached hydrogen (secondary N) is 1. The number of aldehydes is 1. The number of anilines is 1. The Balaban J connectivity index is 2.16. The van der Waals surface area contributed by atoms with Crippen LogP contribution in [0, 0.1) is 0 Å². The van der Waals surface area contributed by atoms with E-state index in [1.807, 2.05) is 12.1 Å². The van der Waals surface area contributed by atoms with E-state index in [1.165, 1.54) is 0 Å². The first-order valence-corrected chi connectivity index (χ1v) is 5.97. The molecular formula is C13H9BrN2O2. The highest BCUT2D eigenvalue weighted by Crippen LogP contribution is 2.14. The minimum absolute atomic E-state index is 0.211. The number of halogens is 1. The summed E-state index contributed by atoms with van der Waals surface area (Å²) in [4.78, 5) is 26.4. The van der Waals surface area contributed by atoms with Crippen LogP contribution in [0.5, 0.6) is 0 Å². The van der Waals surface area contributed by atoms with Crippen LogP contribution in [0.3, 0.4) is 0 Å². The molecule has 0 fully saturated rings. The molecule has 0 aliphatic heterocycles. The third-order valence-corrected chi connectivity index (χ3v) is 2.75. The lowest BCUT2D eigenvalue weighted by Gasteiger charge is -2.04. The monoisotopic (exact) mass is 304 g/mol. The fourth-order valence-corrected chi connectivity index (χ4v) is 1.64. The highest BCUT2D eigenvalue weighted by molar-refractivity contribution is 9.10. The fourth-order valence-electron chi connectivity index (χ4n) is 1.37. The number of carbonyl (C=O) groups is 2. The van der Waals surface area contributed by atoms with E-state index in [9.17, 15) is 9.59 Å². The highest BCUT2D eigenvalue weighted by Gasteiger charge is 2.08. The second kappa shape index (κ2) is 5.55. The molecule has 0 radical (unpaired) electrons. The van der Waals surface area contributed by atoms with E-state index in [-0.39, 0.29) is 17.3 Å². The number of nitrogens with zero attached hydrogens (tertiary/aromatic N) is 1. The minimum Gasteiger partial charge on any atom is -0.321 e. The molecule has 0 saturated carbocycles. The van der Waals surface area contributed by atoms with Gasteiger partial charge >= 0.3 is 0 Å². The molecule has 2 aromatic rings. The molecule has 0 bridgehead atoms. The molecule has 0 aliphatic rings. The summed E-state index contributed by atoms with van der Waals surface area (Å²) in [6.07, 6.45) is 0.608. The number of amides is 1. The van der Waals surface area contributed by atoms with Crippen molar-refractivity contribution in [1.82, 2.24) is 4.98 Å². The zero-order valence-corrected chi connectivity index (χ0v) is 10.8. The van der Waals surface area contributed by atoms with Crippen molar-refractivity contribution < 1.29 is 9.59 Å². The summed E-state index contributed by atoms with van der Waals surface area (Å²) < 4.78 is 0.932. The van der Waals surface area contributed by atoms with Gasteiger partial charge < -0.3 is 5.32 Å². The third-order valence-electron chi connectivity index (χ3n) is 2.23. The van der Waals surface area contributed by atoms with Crippen molar-refractivity contribution >= 4 is 33.8 Å². The van der Waals surface area contributed by atoms with Gasteiger partial charge in [-0.05, 0) is 36.4 Å². The lowest BCUT2D eigenvalue weighted by atomic mass is 10.2. The van der Waals surface area contributed by atoms with Crippen molar-refractivity contribution in [3.05, 3.63) is 58.3 Å². The number of rotatable bonds is 3. The van der Waals surface area contributed by atoms with Gasteiger partial charge in [-0.1, -0.05) is 22.0 Å². The molecule has 18 heavy (non-hydrogen) atoms. The molecule has 0 spiro atoms. The van der Waals surface area contributed by atoms with Crippen molar-refractivity contribution in [2.45, 2.75) is 0 Å². The van der Waals surface area contributed by atoms with Crippen LogP contribution in [0.1, 0.15) is 21.0 Å². The van der Waals surface area contributed by atoms with Crippen molar-refractivity contribution in [2.24, 2.45) is 0 Å². The summed E-state index contributed by atoms with van der Waals surface area (Å²) in [5.41, 5.74) is 1.11. The highest BCUT2D eigenvalue weighted by atomic mass is 79.9. The molecule has 0 atom stereocenters. The van der Waals surface area contributed by atoms with E-state index in [0.717, 1.165) is 4.47 Å². The Bertz CT molecular complexity index is 582. The van der Waals surface area contributed by atoms with Crippen molar-refractivity contribution in [3.63, 3.8) is 0 Å². The molecule has 1 heterocycles. The Hall–Kier alpha value is -2.01. The second-order valence-corrected chi connectivity index (χ2v) is 4.44. The van der Waals surface area contributed by atoms with Gasteiger partial charge in [0.05, 0.1) is 0 Å². The van der Waals surface area contributed by atoms with E-state index < -0.39 is 0 Å². The SMILES string of the molecule is O=Cc1cccc(C(=O)Nc2ccc(Br)cc2)n1. The van der Waals surface area contributed by atoms with Crippen molar-refractivity contribution in [2.75, 3.05) is 5.32 Å². The minimum atomic E-state index is -0.346. The Morgan fingerprint density at radius 3 is 2.56 bits per heavy atom. The molecule has 90 valence electrons. The van der Waals surface area contributed by atoms with Crippen molar-refractivity contribution in [3.8, 4) is 0 Å². The number of hydrogen-bond donors (Lipinski definition) is 1. The van der Waals surface area contributed by atoms with Gasteiger partial charge in [-0.25, -0.2) is 4.98 Å². The quantitative estimate of drug-likeness (QED) is 0.887. The van der Waals surface area contributed by atoms with Gasteiger partial charge in [0.1, 0.15) is 11.4 Å². The number of aromatic nitrogens is 1. The topological polar surface area (TPSA) is 59.1 Å². The molecule has 5 heteroatoms. The van der Waals surface area contributed by atoms with Crippen molar-refractivity contribution in [1.29, 1.82) is 0 Å². The van der Waals surface area contributed by atoms with Gasteiger partial charge in [0.15, 0.2) is 6.29 Å². The molecule has 1 aromatic heterocycles. The van der Waals surface area contributed by atoms with Gasteiger partial charge in [-0.2, -0.15) is 0 Å². The fraction of sp³-hybridized carbons (Fsp3) is 0. The average Bonchev–Trinajstić information content (AvgIpc) is 2.41. The van der Waals surface area contributed by atoms with E-state index >= 15 is 0 Å². The maximum absolute atomic E-state index is 11.9. The standard InChI is InChI=1S/C13H9BrN2O2/c14-9-4-6-10(7-5-9)16-13(18)12-3-1-2-11(8-17)15-12/h1-8H,(H,16,18). The number of hydrogen-bond acceptors (Lipinski definition) is 3. The molecule has 4 nitrogen and oxygen atoms in total. The molecule has 0 saturated heterocycles. The summed E-state index contributed by atoms with van der Waals surface area (Å²) in [7, 11) is 0. The normalized spacial score (nSPS) is 9.83. The number of pyridine rings is 1. The van der Waals surface area contributed by atoms with Crippen LogP contribution in [0.2, 0.25) is 0 Å². The van der Waals surface area contributed by atoms with Crippen LogP contribution < -0.4 is 5.32 Å². The smallest absolute Gasteiger partial charge is 0.274 e. The van der Waals surface area contributed by atoms with Crippen LogP contribution in [0.15, 0.2) is 46.9 Å². The van der Waals surface area contributed by atoms with Gasteiger partial charge in [-0.15, -0.1) is 0 Å². The Kier molecular flexibility index (Phi) is 3.84. The molecule has 1 aromatic carbocycles. The van der Waals surface area contributed by atoms with Gasteiger partial charge in [0.25, 0.3) is 5.91 Å². The largest absolute Gasteiger partial charge is 0.321 e. The molecule has 0 aliphatic carbocycles. The predicted octanol–water partition coefficient (Wildman–Crippen LogP) is 2.91. The first-order chi connectivity index (χ1) is 8.69. The molecular weight excluding hydrogens is 296 g/mol. The summed E-state index contributed by atoms with van der Waals surface area (Å²) in [5, 5.41) is 2.70. The lowest BCUT2D eigenvalue weighted by Crippen LogP contribution is -2.14. The maximum atomic E-state index is 11.9. The zero-order chi connectivity index (χ0) is 13.0. The zero-order valence-electron chi connectivity index (χ0n) is 9.26. The van der Waals surface area contributed by atoms with Crippen LogP contribution in [0.4, 0.5) is 5.69 Å². The molecule has 2 rings (SSSR count). The Labute approximate surface area is 112 Å². The summed E-state index contributed by atoms with van der Waals surface area (Å²) in [6, 6.07) is 11.9. The first kappa shape index (κ1) is 12.4. The molecule has 0 unspecified atom stereocenters. The van der Waals surface area contributed by atoms with E-state index in [0.29, 0.717) is 12.0 Å². The van der Waals surface area contributed by atoms with Crippen LogP contribution in [-0.4, -0.2) is 17.2 Å². The average molecular weight is 305 g/mol. The van der Waals surface area contributed by atoms with E-state index in [1.54, 1.807) is 30.3 Å². The first-order valence-electron chi connectivity index (χ1n) is 5.18. The maximum Gasteiger partial charge on any atom is 0.274 e. The summed E-state index contributed by atoms with van der Waals surface area (Å²) in [6.45, 7) is 0.